The van der Waals surface area contributed by atoms with Crippen LogP contribution < -0.4 is 10.5 Å². The molecule has 0 spiro atoms. The topological polar surface area (TPSA) is 96.2 Å². The molecule has 0 atom stereocenters. The fourth-order valence-electron chi connectivity index (χ4n) is 1.84. The molecule has 0 aliphatic rings. The number of benzene rings is 1. The normalized spacial score (nSPS) is 10.4. The Morgan fingerprint density at radius 3 is 2.53 bits per heavy atom. The van der Waals surface area contributed by atoms with Crippen molar-refractivity contribution in [1.82, 2.24) is 9.78 Å². The van der Waals surface area contributed by atoms with Gasteiger partial charge in [-0.25, -0.2) is 4.68 Å². The van der Waals surface area contributed by atoms with E-state index in [-0.39, 0.29) is 11.5 Å². The fourth-order valence-corrected chi connectivity index (χ4v) is 1.84. The molecule has 0 amide bonds. The molecule has 1 aromatic heterocycles. The van der Waals surface area contributed by atoms with Crippen molar-refractivity contribution in [3.05, 3.63) is 45.6 Å². The zero-order valence-corrected chi connectivity index (χ0v) is 10.7. The molecule has 0 unspecified atom stereocenters. The molecule has 2 aromatic rings. The van der Waals surface area contributed by atoms with E-state index in [0.717, 1.165) is 11.3 Å². The number of methoxy groups -OCH3 is 1. The molecule has 7 nitrogen and oxygen atoms in total. The van der Waals surface area contributed by atoms with Gasteiger partial charge in [0.05, 0.1) is 18.6 Å². The smallest absolute Gasteiger partial charge is 0.333 e. The molecule has 0 aliphatic heterocycles. The second kappa shape index (κ2) is 4.97. The molecule has 2 rings (SSSR count). The first-order chi connectivity index (χ1) is 9.02. The summed E-state index contributed by atoms with van der Waals surface area (Å²) in [5.74, 6) is 0.817. The number of nitro groups is 1. The number of hydrogen-bond donors (Lipinski definition) is 1. The maximum absolute atomic E-state index is 10.8. The van der Waals surface area contributed by atoms with Gasteiger partial charge in [-0.2, -0.15) is 5.10 Å². The quantitative estimate of drug-likeness (QED) is 0.668. The Kier molecular flexibility index (Phi) is 3.37. The highest BCUT2D eigenvalue weighted by molar-refractivity contribution is 5.56. The molecule has 0 saturated heterocycles. The Morgan fingerprint density at radius 2 is 2.05 bits per heavy atom. The SMILES string of the molecule is COc1ccc(Cn2nc(C)c([N+](=O)[O-])c2N)cc1. The van der Waals surface area contributed by atoms with Crippen LogP contribution in [0.25, 0.3) is 0 Å². The molecule has 1 heterocycles. The average Bonchev–Trinajstić information content (AvgIpc) is 2.65. The van der Waals surface area contributed by atoms with Gasteiger partial charge in [-0.15, -0.1) is 0 Å². The Hall–Kier alpha value is -2.57. The van der Waals surface area contributed by atoms with E-state index < -0.39 is 4.92 Å². The van der Waals surface area contributed by atoms with E-state index >= 15 is 0 Å². The number of nitrogens with zero attached hydrogens (tertiary/aromatic N) is 3. The first-order valence-corrected chi connectivity index (χ1v) is 5.63. The molecule has 0 aliphatic carbocycles. The first kappa shape index (κ1) is 12.9. The van der Waals surface area contributed by atoms with Crippen molar-refractivity contribution < 1.29 is 9.66 Å². The van der Waals surface area contributed by atoms with Crippen molar-refractivity contribution in [3.63, 3.8) is 0 Å². The maximum atomic E-state index is 10.8. The van der Waals surface area contributed by atoms with Gasteiger partial charge in [0.15, 0.2) is 0 Å². The van der Waals surface area contributed by atoms with E-state index in [9.17, 15) is 10.1 Å². The number of rotatable bonds is 4. The highest BCUT2D eigenvalue weighted by Gasteiger charge is 2.22. The van der Waals surface area contributed by atoms with Gasteiger partial charge in [0.25, 0.3) is 0 Å². The predicted octanol–water partition coefficient (Wildman–Crippen LogP) is 1.74. The van der Waals surface area contributed by atoms with Crippen LogP contribution in [0.4, 0.5) is 11.5 Å². The second-order valence-corrected chi connectivity index (χ2v) is 4.08. The van der Waals surface area contributed by atoms with Crippen molar-refractivity contribution in [2.24, 2.45) is 0 Å². The number of ether oxygens (including phenoxy) is 1. The van der Waals surface area contributed by atoms with Gasteiger partial charge in [0.2, 0.25) is 5.82 Å². The predicted molar refractivity (Wildman–Crippen MR) is 70.1 cm³/mol. The Balaban J connectivity index is 2.28. The van der Waals surface area contributed by atoms with Crippen molar-refractivity contribution in [2.45, 2.75) is 13.5 Å². The zero-order chi connectivity index (χ0) is 14.0. The van der Waals surface area contributed by atoms with Crippen LogP contribution in [0, 0.1) is 17.0 Å². The van der Waals surface area contributed by atoms with E-state index in [1.54, 1.807) is 14.0 Å². The zero-order valence-electron chi connectivity index (χ0n) is 10.7. The largest absolute Gasteiger partial charge is 0.497 e. The molecule has 0 fully saturated rings. The molecule has 100 valence electrons. The van der Waals surface area contributed by atoms with Crippen molar-refractivity contribution in [3.8, 4) is 5.75 Å². The van der Waals surface area contributed by atoms with Crippen LogP contribution in [0.5, 0.6) is 5.75 Å². The number of hydrogen-bond acceptors (Lipinski definition) is 5. The average molecular weight is 262 g/mol. The van der Waals surface area contributed by atoms with Gasteiger partial charge in [0.1, 0.15) is 11.4 Å². The Labute approximate surface area is 109 Å². The summed E-state index contributed by atoms with van der Waals surface area (Å²) >= 11 is 0. The number of nitrogens with two attached hydrogens (primary N) is 1. The summed E-state index contributed by atoms with van der Waals surface area (Å²) in [4.78, 5) is 10.3. The van der Waals surface area contributed by atoms with E-state index in [1.165, 1.54) is 4.68 Å². The number of nitrogen functional groups attached to an aromatic ring is 1. The van der Waals surface area contributed by atoms with Crippen LogP contribution in [0.15, 0.2) is 24.3 Å². The maximum Gasteiger partial charge on any atom is 0.333 e. The number of aryl methyl sites for hydroxylation is 1. The van der Waals surface area contributed by atoms with Gasteiger partial charge in [-0.1, -0.05) is 12.1 Å². The molecule has 0 saturated carbocycles. The highest BCUT2D eigenvalue weighted by atomic mass is 16.6. The van der Waals surface area contributed by atoms with Crippen LogP contribution in [0.1, 0.15) is 11.3 Å². The van der Waals surface area contributed by atoms with Gasteiger partial charge in [0, 0.05) is 0 Å². The molecule has 19 heavy (non-hydrogen) atoms. The third-order valence-electron chi connectivity index (χ3n) is 2.81. The van der Waals surface area contributed by atoms with Crippen LogP contribution in [-0.4, -0.2) is 21.8 Å². The summed E-state index contributed by atoms with van der Waals surface area (Å²) in [6, 6.07) is 7.36. The van der Waals surface area contributed by atoms with Crippen LogP contribution in [-0.2, 0) is 6.54 Å². The minimum Gasteiger partial charge on any atom is -0.497 e. The summed E-state index contributed by atoms with van der Waals surface area (Å²) in [6.45, 7) is 1.95. The lowest BCUT2D eigenvalue weighted by molar-refractivity contribution is -0.384. The number of aromatic nitrogens is 2. The third kappa shape index (κ3) is 2.49. The third-order valence-corrected chi connectivity index (χ3v) is 2.81. The lowest BCUT2D eigenvalue weighted by Crippen LogP contribution is -2.06. The minimum atomic E-state index is -0.512. The van der Waals surface area contributed by atoms with Crippen molar-refractivity contribution in [1.29, 1.82) is 0 Å². The van der Waals surface area contributed by atoms with E-state index in [0.29, 0.717) is 12.2 Å². The van der Waals surface area contributed by atoms with Crippen LogP contribution in [0.2, 0.25) is 0 Å². The van der Waals surface area contributed by atoms with E-state index in [1.807, 2.05) is 24.3 Å². The van der Waals surface area contributed by atoms with Crippen LogP contribution in [0.3, 0.4) is 0 Å². The summed E-state index contributed by atoms with van der Waals surface area (Å²) in [5.41, 5.74) is 6.86. The summed E-state index contributed by atoms with van der Waals surface area (Å²) in [6.07, 6.45) is 0. The summed E-state index contributed by atoms with van der Waals surface area (Å²) < 4.78 is 6.49. The fraction of sp³-hybridized carbons (Fsp3) is 0.250. The highest BCUT2D eigenvalue weighted by Crippen LogP contribution is 2.25. The molecular formula is C12H14N4O3. The second-order valence-electron chi connectivity index (χ2n) is 4.08. The Morgan fingerprint density at radius 1 is 1.42 bits per heavy atom. The first-order valence-electron chi connectivity index (χ1n) is 5.63. The summed E-state index contributed by atoms with van der Waals surface area (Å²) in [5, 5.41) is 14.9. The minimum absolute atomic E-state index is 0.0679. The Bertz CT molecular complexity index is 604. The molecular weight excluding hydrogens is 248 g/mol. The van der Waals surface area contributed by atoms with E-state index in [2.05, 4.69) is 5.10 Å². The molecule has 7 heteroatoms. The molecule has 2 N–H and O–H groups in total. The van der Waals surface area contributed by atoms with Gasteiger partial charge < -0.3 is 10.5 Å². The van der Waals surface area contributed by atoms with Crippen molar-refractivity contribution >= 4 is 11.5 Å². The molecule has 0 bridgehead atoms. The molecule has 0 radical (unpaired) electrons. The van der Waals surface area contributed by atoms with E-state index in [4.69, 9.17) is 10.5 Å². The lowest BCUT2D eigenvalue weighted by atomic mass is 10.2. The van der Waals surface area contributed by atoms with Crippen molar-refractivity contribution in [2.75, 3.05) is 12.8 Å². The van der Waals surface area contributed by atoms with Gasteiger partial charge >= 0.3 is 5.69 Å². The van der Waals surface area contributed by atoms with Gasteiger partial charge in [-0.3, -0.25) is 10.1 Å². The lowest BCUT2D eigenvalue weighted by Gasteiger charge is -2.05. The van der Waals surface area contributed by atoms with Crippen LogP contribution >= 0.6 is 0 Å². The number of anilines is 1. The monoisotopic (exact) mass is 262 g/mol. The molecule has 1 aromatic carbocycles. The van der Waals surface area contributed by atoms with Gasteiger partial charge in [-0.05, 0) is 24.6 Å². The summed E-state index contributed by atoms with van der Waals surface area (Å²) in [7, 11) is 1.59. The standard InChI is InChI=1S/C12H14N4O3/c1-8-11(16(17)18)12(13)15(14-8)7-9-3-5-10(19-2)6-4-9/h3-6H,7,13H2,1-2H3.